The van der Waals surface area contributed by atoms with Gasteiger partial charge in [-0.15, -0.1) is 0 Å². The van der Waals surface area contributed by atoms with E-state index in [9.17, 15) is 0 Å². The predicted octanol–water partition coefficient (Wildman–Crippen LogP) is 11.7. The van der Waals surface area contributed by atoms with Gasteiger partial charge in [-0.05, 0) is 65.6 Å². The van der Waals surface area contributed by atoms with Gasteiger partial charge in [0.05, 0.1) is 16.6 Å². The van der Waals surface area contributed by atoms with E-state index in [0.717, 1.165) is 49.9 Å². The Kier molecular flexibility index (Phi) is 10.2. The molecule has 0 aliphatic carbocycles. The Morgan fingerprint density at radius 1 is 0.714 bits per heavy atom. The molecule has 0 aliphatic heterocycles. The molecule has 2 heterocycles. The fourth-order valence-electron chi connectivity index (χ4n) is 6.00. The van der Waals surface area contributed by atoms with E-state index in [1.807, 2.05) is 66.9 Å². The van der Waals surface area contributed by atoms with Gasteiger partial charge in [0.1, 0.15) is 0 Å². The van der Waals surface area contributed by atoms with Crippen LogP contribution in [0.1, 0.15) is 22.3 Å². The summed E-state index contributed by atoms with van der Waals surface area (Å²) in [6.07, 6.45) is 17.2. The lowest BCUT2D eigenvalue weighted by Gasteiger charge is -2.11. The summed E-state index contributed by atoms with van der Waals surface area (Å²) in [5, 5.41) is 3.44. The molecule has 0 unspecified atom stereocenters. The molecule has 5 aromatic carbocycles. The number of pyridine rings is 1. The molecule has 49 heavy (non-hydrogen) atoms. The highest BCUT2D eigenvalue weighted by atomic mass is 15.0. The van der Waals surface area contributed by atoms with E-state index in [-0.39, 0.29) is 0 Å². The third-order valence-corrected chi connectivity index (χ3v) is 8.37. The fourth-order valence-corrected chi connectivity index (χ4v) is 6.00. The number of rotatable bonds is 8. The van der Waals surface area contributed by atoms with Crippen LogP contribution in [0.5, 0.6) is 0 Å². The van der Waals surface area contributed by atoms with Gasteiger partial charge < -0.3 is 10.3 Å². The highest BCUT2D eigenvalue weighted by Crippen LogP contribution is 2.34. The lowest BCUT2D eigenvalue weighted by Crippen LogP contribution is -1.93. The first kappa shape index (κ1) is 32.5. The summed E-state index contributed by atoms with van der Waals surface area (Å²) in [5.74, 6) is 0. The van der Waals surface area contributed by atoms with Crippen molar-refractivity contribution in [2.75, 3.05) is 0 Å². The lowest BCUT2D eigenvalue weighted by molar-refractivity contribution is 1.18. The summed E-state index contributed by atoms with van der Waals surface area (Å²) >= 11 is 0. The van der Waals surface area contributed by atoms with E-state index in [4.69, 9.17) is 10.7 Å². The molecular formula is C46H39N3. The van der Waals surface area contributed by atoms with Crippen molar-refractivity contribution in [2.45, 2.75) is 6.92 Å². The van der Waals surface area contributed by atoms with Gasteiger partial charge >= 0.3 is 0 Å². The average Bonchev–Trinajstić information content (AvgIpc) is 3.48. The maximum absolute atomic E-state index is 6.21. The van der Waals surface area contributed by atoms with E-state index in [0.29, 0.717) is 0 Å². The first-order chi connectivity index (χ1) is 24.1. The molecule has 0 spiro atoms. The molecule has 7 aromatic rings. The number of hydrogen-bond donors (Lipinski definition) is 1. The second-order valence-electron chi connectivity index (χ2n) is 11.6. The van der Waals surface area contributed by atoms with E-state index >= 15 is 0 Å². The minimum absolute atomic E-state index is 0.854. The van der Waals surface area contributed by atoms with Crippen LogP contribution in [0, 0.1) is 6.92 Å². The Hall–Kier alpha value is -6.45. The molecule has 0 atom stereocenters. The van der Waals surface area contributed by atoms with Crippen LogP contribution in [0.4, 0.5) is 0 Å². The van der Waals surface area contributed by atoms with Crippen LogP contribution in [-0.4, -0.2) is 9.55 Å². The first-order valence-corrected chi connectivity index (χ1v) is 16.3. The number of benzene rings is 5. The number of fused-ring (bicyclic) bond motifs is 4. The number of aromatic nitrogens is 2. The van der Waals surface area contributed by atoms with Crippen molar-refractivity contribution in [1.82, 2.24) is 9.55 Å². The fraction of sp³-hybridized carbons (Fsp3) is 0.0217. The maximum atomic E-state index is 6.21. The summed E-state index contributed by atoms with van der Waals surface area (Å²) in [4.78, 5) is 4.70. The highest BCUT2D eigenvalue weighted by Gasteiger charge is 2.14. The Morgan fingerprint density at radius 2 is 1.45 bits per heavy atom. The maximum Gasteiger partial charge on any atom is 0.0786 e. The molecule has 0 radical (unpaired) electrons. The number of para-hydroxylation sites is 2. The molecule has 0 amide bonds. The summed E-state index contributed by atoms with van der Waals surface area (Å²) in [6, 6.07) is 44.0. The summed E-state index contributed by atoms with van der Waals surface area (Å²) in [7, 11) is 0. The van der Waals surface area contributed by atoms with Crippen molar-refractivity contribution < 1.29 is 0 Å². The highest BCUT2D eigenvalue weighted by molar-refractivity contribution is 6.10. The van der Waals surface area contributed by atoms with Crippen molar-refractivity contribution in [3.05, 3.63) is 212 Å². The second kappa shape index (κ2) is 15.4. The summed E-state index contributed by atoms with van der Waals surface area (Å²) in [5.41, 5.74) is 16.7. The molecular weight excluding hydrogens is 595 g/mol. The third-order valence-electron chi connectivity index (χ3n) is 8.37. The van der Waals surface area contributed by atoms with Gasteiger partial charge in [0.15, 0.2) is 0 Å². The van der Waals surface area contributed by atoms with Gasteiger partial charge in [0.2, 0.25) is 0 Å². The van der Waals surface area contributed by atoms with Crippen LogP contribution >= 0.6 is 0 Å². The largest absolute Gasteiger partial charge is 0.404 e. The van der Waals surface area contributed by atoms with E-state index in [1.165, 1.54) is 21.9 Å². The Labute approximate surface area is 288 Å². The Bertz CT molecular complexity index is 2370. The van der Waals surface area contributed by atoms with Gasteiger partial charge in [-0.25, -0.2) is 0 Å². The van der Waals surface area contributed by atoms with Crippen LogP contribution < -0.4 is 5.73 Å². The zero-order valence-corrected chi connectivity index (χ0v) is 27.7. The van der Waals surface area contributed by atoms with E-state index < -0.39 is 0 Å². The Balaban J connectivity index is 0.000000531. The van der Waals surface area contributed by atoms with Gasteiger partial charge in [-0.2, -0.15) is 0 Å². The van der Waals surface area contributed by atoms with Crippen molar-refractivity contribution in [2.24, 2.45) is 5.73 Å². The molecule has 238 valence electrons. The van der Waals surface area contributed by atoms with Gasteiger partial charge in [-0.3, -0.25) is 4.98 Å². The normalized spacial score (nSPS) is 11.9. The molecule has 2 aromatic heterocycles. The molecule has 2 N–H and O–H groups in total. The second-order valence-corrected chi connectivity index (χ2v) is 11.6. The van der Waals surface area contributed by atoms with Crippen LogP contribution in [0.15, 0.2) is 189 Å². The topological polar surface area (TPSA) is 43.8 Å². The molecule has 7 rings (SSSR count). The van der Waals surface area contributed by atoms with Crippen molar-refractivity contribution in [3.63, 3.8) is 0 Å². The number of nitrogens with two attached hydrogens (primary N) is 1. The Morgan fingerprint density at radius 3 is 2.18 bits per heavy atom. The van der Waals surface area contributed by atoms with Crippen molar-refractivity contribution in [3.8, 4) is 5.69 Å². The monoisotopic (exact) mass is 633 g/mol. The number of allylic oxidation sites excluding steroid dienone is 8. The molecule has 3 nitrogen and oxygen atoms in total. The number of hydrogen-bond acceptors (Lipinski definition) is 2. The molecule has 0 saturated carbocycles. The third kappa shape index (κ3) is 7.27. The summed E-state index contributed by atoms with van der Waals surface area (Å²) in [6.45, 7) is 10.3. The average molecular weight is 634 g/mol. The standard InChI is InChI=1S/C39H31N3.C7H8/c1-3-4-5-7-13-29-21-22-30-14-12-25-41-39(30)38(29)28(2)19-20-32(27-40)31-23-24-37-35(26-31)34-17-10-11-18-36(34)42(37)33-15-8-6-9-16-33;1-7-5-3-2-4-6-7/h3-27H,1-2,40H2;2-6H,1H3/b5-4-,13-7-,20-19-,32-27+;. The minimum atomic E-state index is 0.854. The van der Waals surface area contributed by atoms with E-state index in [1.54, 1.807) is 12.3 Å². The molecule has 0 saturated heterocycles. The molecule has 3 heteroatoms. The van der Waals surface area contributed by atoms with Crippen LogP contribution in [0.2, 0.25) is 0 Å². The number of nitrogens with zero attached hydrogens (tertiary/aromatic N) is 2. The number of aryl methyl sites for hydroxylation is 1. The minimum Gasteiger partial charge on any atom is -0.404 e. The van der Waals surface area contributed by atoms with Crippen LogP contribution in [-0.2, 0) is 0 Å². The first-order valence-electron chi connectivity index (χ1n) is 16.3. The summed E-state index contributed by atoms with van der Waals surface area (Å²) < 4.78 is 2.31. The van der Waals surface area contributed by atoms with Gasteiger partial charge in [-0.1, -0.05) is 152 Å². The predicted molar refractivity (Wildman–Crippen MR) is 212 cm³/mol. The van der Waals surface area contributed by atoms with E-state index in [2.05, 4.69) is 128 Å². The van der Waals surface area contributed by atoms with Crippen LogP contribution in [0.3, 0.4) is 0 Å². The van der Waals surface area contributed by atoms with Crippen LogP contribution in [0.25, 0.3) is 55.6 Å². The van der Waals surface area contributed by atoms with Crippen molar-refractivity contribution >= 4 is 49.9 Å². The lowest BCUT2D eigenvalue weighted by atomic mass is 9.95. The molecule has 0 aliphatic rings. The SMILES string of the molecule is C=C/C=C\C=C/c1ccc2cccnc2c1C(=C)/C=C\C(=C/N)c1ccc2c(c1)c1ccccc1n2-c1ccccc1.Cc1ccccc1. The zero-order valence-electron chi connectivity index (χ0n) is 27.7. The molecule has 0 fully saturated rings. The molecule has 0 bridgehead atoms. The van der Waals surface area contributed by atoms with Gasteiger partial charge in [0.25, 0.3) is 0 Å². The van der Waals surface area contributed by atoms with Gasteiger partial charge in [0, 0.05) is 39.8 Å². The smallest absolute Gasteiger partial charge is 0.0786 e. The zero-order chi connectivity index (χ0) is 34.0. The quantitative estimate of drug-likeness (QED) is 0.169. The van der Waals surface area contributed by atoms with Crippen molar-refractivity contribution in [1.29, 1.82) is 0 Å².